The predicted octanol–water partition coefficient (Wildman–Crippen LogP) is 3.52. The highest BCUT2D eigenvalue weighted by atomic mass is 35.5. The zero-order valence-corrected chi connectivity index (χ0v) is 15.7. The molecule has 0 aliphatic carbocycles. The average Bonchev–Trinajstić information content (AvgIpc) is 2.69. The number of ketones is 1. The number of carbonyl (C=O) groups is 1. The molecule has 4 rings (SSSR count). The summed E-state index contributed by atoms with van der Waals surface area (Å²) in [6.07, 6.45) is 0.515. The van der Waals surface area contributed by atoms with E-state index in [9.17, 15) is 9.90 Å². The van der Waals surface area contributed by atoms with Crippen LogP contribution in [0.4, 0.5) is 5.69 Å². The Morgan fingerprint density at radius 2 is 2.07 bits per heavy atom. The minimum absolute atomic E-state index is 0.113. The Hall–Kier alpha value is -2.08. The molecule has 6 heteroatoms. The van der Waals surface area contributed by atoms with E-state index in [1.165, 1.54) is 0 Å². The zero-order chi connectivity index (χ0) is 18.8. The van der Waals surface area contributed by atoms with Crippen LogP contribution in [0.5, 0.6) is 5.75 Å². The molecule has 2 aliphatic rings. The summed E-state index contributed by atoms with van der Waals surface area (Å²) >= 11 is 6.42. The van der Waals surface area contributed by atoms with Crippen LogP contribution in [0.15, 0.2) is 36.4 Å². The summed E-state index contributed by atoms with van der Waals surface area (Å²) in [4.78, 5) is 12.0. The number of nitrogens with one attached hydrogen (secondary N) is 1. The summed E-state index contributed by atoms with van der Waals surface area (Å²) < 4.78 is 11.5. The second-order valence-corrected chi connectivity index (χ2v) is 7.42. The normalized spacial score (nSPS) is 21.9. The largest absolute Gasteiger partial charge is 0.490 e. The van der Waals surface area contributed by atoms with E-state index in [2.05, 4.69) is 11.4 Å². The van der Waals surface area contributed by atoms with E-state index in [1.54, 1.807) is 0 Å². The maximum absolute atomic E-state index is 12.0. The van der Waals surface area contributed by atoms with Crippen molar-refractivity contribution in [2.45, 2.75) is 31.5 Å². The van der Waals surface area contributed by atoms with Gasteiger partial charge in [-0.15, -0.1) is 0 Å². The van der Waals surface area contributed by atoms with Crippen LogP contribution in [0.2, 0.25) is 5.02 Å². The third-order valence-electron chi connectivity index (χ3n) is 4.98. The number of hydrogen-bond acceptors (Lipinski definition) is 5. The maximum Gasteiger partial charge on any atom is 0.142 e. The lowest BCUT2D eigenvalue weighted by Gasteiger charge is -2.28. The first-order valence-corrected chi connectivity index (χ1v) is 9.56. The Balaban J connectivity index is 1.56. The number of carbonyl (C=O) groups excluding carboxylic acids is 1. The van der Waals surface area contributed by atoms with E-state index in [1.807, 2.05) is 30.3 Å². The summed E-state index contributed by atoms with van der Waals surface area (Å²) in [6.45, 7) is 1.33. The van der Waals surface area contributed by atoms with E-state index in [4.69, 9.17) is 21.1 Å². The smallest absolute Gasteiger partial charge is 0.142 e. The monoisotopic (exact) mass is 387 g/mol. The molecule has 1 saturated heterocycles. The van der Waals surface area contributed by atoms with Crippen LogP contribution >= 0.6 is 11.6 Å². The summed E-state index contributed by atoms with van der Waals surface area (Å²) in [6, 6.07) is 11.8. The molecule has 2 N–H and O–H groups in total. The molecule has 5 nitrogen and oxygen atoms in total. The fourth-order valence-corrected chi connectivity index (χ4v) is 3.81. The molecule has 0 amide bonds. The van der Waals surface area contributed by atoms with E-state index in [0.717, 1.165) is 34.7 Å². The third-order valence-corrected chi connectivity index (χ3v) is 5.35. The molecule has 27 heavy (non-hydrogen) atoms. The minimum atomic E-state index is -0.429. The second kappa shape index (κ2) is 7.89. The van der Waals surface area contributed by atoms with Gasteiger partial charge in [0, 0.05) is 24.4 Å². The van der Waals surface area contributed by atoms with Crippen LogP contribution in [-0.4, -0.2) is 36.8 Å². The van der Waals surface area contributed by atoms with Crippen molar-refractivity contribution in [1.29, 1.82) is 0 Å². The van der Waals surface area contributed by atoms with Gasteiger partial charge in [0.1, 0.15) is 18.1 Å². The number of Topliss-reactive ketones (excluding diaryl/α,β-unsaturated/α-hetero) is 1. The van der Waals surface area contributed by atoms with Crippen LogP contribution in [-0.2, 0) is 16.0 Å². The number of benzene rings is 2. The fraction of sp³-hybridized carbons (Fsp3) is 0.381. The highest BCUT2D eigenvalue weighted by Gasteiger charge is 2.28. The molecule has 0 bridgehead atoms. The highest BCUT2D eigenvalue weighted by Crippen LogP contribution is 2.33. The van der Waals surface area contributed by atoms with Gasteiger partial charge in [-0.1, -0.05) is 29.8 Å². The number of anilines is 1. The van der Waals surface area contributed by atoms with Crippen molar-refractivity contribution in [3.63, 3.8) is 0 Å². The molecule has 0 unspecified atom stereocenters. The van der Waals surface area contributed by atoms with Crippen molar-refractivity contribution >= 4 is 23.1 Å². The lowest BCUT2D eigenvalue weighted by atomic mass is 9.94. The topological polar surface area (TPSA) is 67.8 Å². The Morgan fingerprint density at radius 1 is 1.19 bits per heavy atom. The van der Waals surface area contributed by atoms with Crippen molar-refractivity contribution in [2.24, 2.45) is 0 Å². The van der Waals surface area contributed by atoms with Crippen LogP contribution < -0.4 is 10.1 Å². The van der Waals surface area contributed by atoms with Gasteiger partial charge in [-0.25, -0.2) is 0 Å². The Morgan fingerprint density at radius 3 is 2.93 bits per heavy atom. The van der Waals surface area contributed by atoms with Crippen molar-refractivity contribution in [3.05, 3.63) is 58.1 Å². The quantitative estimate of drug-likeness (QED) is 0.840. The number of ether oxygens (including phenoxy) is 2. The summed E-state index contributed by atoms with van der Waals surface area (Å²) in [5.41, 5.74) is 4.02. The van der Waals surface area contributed by atoms with Crippen LogP contribution in [0.25, 0.3) is 0 Å². The number of hydrogen-bond donors (Lipinski definition) is 2. The minimum Gasteiger partial charge on any atom is -0.490 e. The molecule has 1 fully saturated rings. The zero-order valence-electron chi connectivity index (χ0n) is 14.9. The molecule has 0 radical (unpaired) electrons. The van der Waals surface area contributed by atoms with Gasteiger partial charge < -0.3 is 19.9 Å². The first kappa shape index (κ1) is 18.3. The molecular weight excluding hydrogens is 366 g/mol. The van der Waals surface area contributed by atoms with Gasteiger partial charge in [0.05, 0.1) is 24.5 Å². The number of rotatable bonds is 4. The van der Waals surface area contributed by atoms with Crippen LogP contribution in [0.3, 0.4) is 0 Å². The van der Waals surface area contributed by atoms with Crippen molar-refractivity contribution < 1.29 is 19.4 Å². The van der Waals surface area contributed by atoms with Crippen LogP contribution in [0, 0.1) is 0 Å². The van der Waals surface area contributed by atoms with Gasteiger partial charge in [0.2, 0.25) is 0 Å². The number of fused-ring (bicyclic) bond motifs is 1. The third kappa shape index (κ3) is 4.10. The number of aliphatic hydroxyl groups is 1. The van der Waals surface area contributed by atoms with E-state index in [0.29, 0.717) is 24.5 Å². The van der Waals surface area contributed by atoms with Gasteiger partial charge in [-0.2, -0.15) is 0 Å². The lowest BCUT2D eigenvalue weighted by Crippen LogP contribution is -2.30. The van der Waals surface area contributed by atoms with Gasteiger partial charge >= 0.3 is 0 Å². The standard InChI is InChI=1S/C21H22ClNO4/c22-18-3-2-14(21-11-16(25)10-17(12-24)27-21)9-15(18)7-13-1-4-20-19(8-13)23-5-6-26-20/h1-4,8-9,17,21,23-24H,5-7,10-12H2/t17-,21+/m0/s1. The molecule has 2 aliphatic heterocycles. The Kier molecular flexibility index (Phi) is 5.34. The second-order valence-electron chi connectivity index (χ2n) is 7.01. The molecule has 2 heterocycles. The molecule has 0 spiro atoms. The summed E-state index contributed by atoms with van der Waals surface area (Å²) in [5, 5.41) is 13.4. The molecule has 2 aromatic rings. The highest BCUT2D eigenvalue weighted by molar-refractivity contribution is 6.31. The SMILES string of the molecule is O=C1C[C@@H](CO)O[C@@H](c2ccc(Cl)c(Cc3ccc4c(c3)NCCO4)c2)C1. The van der Waals surface area contributed by atoms with Crippen molar-refractivity contribution in [3.8, 4) is 5.75 Å². The van der Waals surface area contributed by atoms with Crippen LogP contribution in [0.1, 0.15) is 35.6 Å². The molecular formula is C21H22ClNO4. The molecule has 2 aromatic carbocycles. The maximum atomic E-state index is 12.0. The van der Waals surface area contributed by atoms with Crippen molar-refractivity contribution in [2.75, 3.05) is 25.1 Å². The van der Waals surface area contributed by atoms with Gasteiger partial charge in [-0.3, -0.25) is 4.79 Å². The van der Waals surface area contributed by atoms with Gasteiger partial charge in [-0.05, 0) is 41.3 Å². The lowest BCUT2D eigenvalue weighted by molar-refractivity contribution is -0.139. The molecule has 142 valence electrons. The predicted molar refractivity (Wildman–Crippen MR) is 104 cm³/mol. The summed E-state index contributed by atoms with van der Waals surface area (Å²) in [5.74, 6) is 0.983. The molecule has 0 aromatic heterocycles. The number of halogens is 1. The summed E-state index contributed by atoms with van der Waals surface area (Å²) in [7, 11) is 0. The van der Waals surface area contributed by atoms with Crippen molar-refractivity contribution in [1.82, 2.24) is 0 Å². The average molecular weight is 388 g/mol. The Bertz CT molecular complexity index is 854. The van der Waals surface area contributed by atoms with Gasteiger partial charge in [0.25, 0.3) is 0 Å². The van der Waals surface area contributed by atoms with E-state index in [-0.39, 0.29) is 24.9 Å². The Labute approximate surface area is 163 Å². The first-order valence-electron chi connectivity index (χ1n) is 9.18. The van der Waals surface area contributed by atoms with E-state index >= 15 is 0 Å². The van der Waals surface area contributed by atoms with E-state index < -0.39 is 6.10 Å². The molecule has 2 atom stereocenters. The fourth-order valence-electron chi connectivity index (χ4n) is 3.62. The first-order chi connectivity index (χ1) is 13.1. The van der Waals surface area contributed by atoms with Gasteiger partial charge in [0.15, 0.2) is 0 Å². The number of aliphatic hydroxyl groups excluding tert-OH is 1. The molecule has 0 saturated carbocycles.